The Morgan fingerprint density at radius 3 is 2.64 bits per heavy atom. The molecule has 0 aromatic carbocycles. The summed E-state index contributed by atoms with van der Waals surface area (Å²) in [6, 6.07) is 0. The summed E-state index contributed by atoms with van der Waals surface area (Å²) in [6.45, 7) is -0.720. The van der Waals surface area contributed by atoms with Crippen molar-refractivity contribution in [2.75, 3.05) is 12.3 Å². The second-order valence-electron chi connectivity index (χ2n) is 4.53. The highest BCUT2D eigenvalue weighted by Crippen LogP contribution is 2.38. The highest BCUT2D eigenvalue weighted by atomic mass is 31.2. The Hall–Kier alpha value is -1.53. The van der Waals surface area contributed by atoms with E-state index in [1.54, 1.807) is 0 Å². The van der Waals surface area contributed by atoms with Crippen LogP contribution < -0.4 is 11.4 Å². The molecular formula is C9H14N3O9P. The lowest BCUT2D eigenvalue weighted by Gasteiger charge is -2.17. The molecule has 0 amide bonds. The first-order valence-corrected chi connectivity index (χ1v) is 7.42. The number of aliphatic hydroxyl groups is 2. The van der Waals surface area contributed by atoms with Crippen molar-refractivity contribution in [3.05, 3.63) is 16.7 Å². The Morgan fingerprint density at radius 2 is 2.05 bits per heavy atom. The van der Waals surface area contributed by atoms with Crippen LogP contribution in [0, 0.1) is 0 Å². The van der Waals surface area contributed by atoms with Gasteiger partial charge in [0.1, 0.15) is 18.3 Å². The van der Waals surface area contributed by atoms with Gasteiger partial charge in [0.15, 0.2) is 17.8 Å². The van der Waals surface area contributed by atoms with Crippen LogP contribution in [0.25, 0.3) is 0 Å². The molecule has 4 atom stereocenters. The van der Waals surface area contributed by atoms with Gasteiger partial charge in [0.2, 0.25) is 0 Å². The average molecular weight is 339 g/mol. The van der Waals surface area contributed by atoms with Crippen molar-refractivity contribution in [2.45, 2.75) is 24.5 Å². The van der Waals surface area contributed by atoms with Gasteiger partial charge < -0.3 is 35.6 Å². The number of nitrogens with two attached hydrogens (primary N) is 1. The molecular weight excluding hydrogens is 325 g/mol. The third kappa shape index (κ3) is 3.44. The predicted molar refractivity (Wildman–Crippen MR) is 68.5 cm³/mol. The molecule has 1 fully saturated rings. The standard InChI is InChI=1S/C9H14N3O9P/c10-7-3(13)1-12(9(16)11-7)8-6(15)5(14)4(21-8)2-20-22(17,18)19/h1,4-6,8,13-15H,2H2,(H2,10,11,16)(H2,17,18,19)/t4-,5?,6?,8-/m1/s1. The Balaban J connectivity index is 2.22. The van der Waals surface area contributed by atoms with Gasteiger partial charge in [-0.05, 0) is 0 Å². The van der Waals surface area contributed by atoms with E-state index < -0.39 is 56.2 Å². The van der Waals surface area contributed by atoms with E-state index in [1.165, 1.54) is 0 Å². The minimum absolute atomic E-state index is 0.421. The smallest absolute Gasteiger partial charge is 0.469 e. The number of anilines is 1. The van der Waals surface area contributed by atoms with Gasteiger partial charge in [-0.2, -0.15) is 4.98 Å². The Kier molecular flexibility index (Phi) is 4.54. The monoisotopic (exact) mass is 339 g/mol. The molecule has 2 rings (SSSR count). The van der Waals surface area contributed by atoms with Crippen molar-refractivity contribution in [1.29, 1.82) is 0 Å². The number of aliphatic hydroxyl groups excluding tert-OH is 2. The molecule has 22 heavy (non-hydrogen) atoms. The number of nitrogens with zero attached hydrogens (tertiary/aromatic N) is 2. The van der Waals surface area contributed by atoms with Gasteiger partial charge in [0, 0.05) is 0 Å². The van der Waals surface area contributed by atoms with Gasteiger partial charge in [0.25, 0.3) is 0 Å². The molecule has 12 nitrogen and oxygen atoms in total. The molecule has 0 radical (unpaired) electrons. The van der Waals surface area contributed by atoms with Crippen LogP contribution in [-0.4, -0.2) is 59.6 Å². The predicted octanol–water partition coefficient (Wildman–Crippen LogP) is -2.74. The lowest BCUT2D eigenvalue weighted by molar-refractivity contribution is -0.0544. The van der Waals surface area contributed by atoms with Crippen LogP contribution in [0.4, 0.5) is 5.82 Å². The van der Waals surface area contributed by atoms with E-state index in [0.717, 1.165) is 6.20 Å². The fourth-order valence-corrected chi connectivity index (χ4v) is 2.26. The average Bonchev–Trinajstić information content (AvgIpc) is 2.68. The summed E-state index contributed by atoms with van der Waals surface area (Å²) in [7, 11) is -4.79. The molecule has 2 unspecified atom stereocenters. The topological polar surface area (TPSA) is 198 Å². The number of aromatic hydroxyl groups is 1. The van der Waals surface area contributed by atoms with E-state index in [2.05, 4.69) is 9.51 Å². The highest BCUT2D eigenvalue weighted by molar-refractivity contribution is 7.46. The molecule has 13 heteroatoms. The third-order valence-corrected chi connectivity index (χ3v) is 3.46. The number of phosphoric ester groups is 1. The van der Waals surface area contributed by atoms with Crippen LogP contribution in [0.15, 0.2) is 11.0 Å². The van der Waals surface area contributed by atoms with E-state index in [4.69, 9.17) is 20.3 Å². The molecule has 1 saturated heterocycles. The Labute approximate surface area is 122 Å². The number of phosphoric acid groups is 1. The van der Waals surface area contributed by atoms with Crippen molar-refractivity contribution in [3.8, 4) is 5.75 Å². The summed E-state index contributed by atoms with van der Waals surface area (Å²) >= 11 is 0. The van der Waals surface area contributed by atoms with Gasteiger partial charge in [0.05, 0.1) is 12.8 Å². The normalized spacial score (nSPS) is 28.9. The van der Waals surface area contributed by atoms with Crippen molar-refractivity contribution in [2.24, 2.45) is 0 Å². The molecule has 1 aliphatic heterocycles. The number of hydrogen-bond donors (Lipinski definition) is 6. The van der Waals surface area contributed by atoms with Crippen molar-refractivity contribution >= 4 is 13.6 Å². The molecule has 124 valence electrons. The van der Waals surface area contributed by atoms with Crippen LogP contribution in [0.1, 0.15) is 6.23 Å². The lowest BCUT2D eigenvalue weighted by atomic mass is 10.1. The number of rotatable bonds is 4. The zero-order chi connectivity index (χ0) is 16.7. The van der Waals surface area contributed by atoms with Crippen LogP contribution in [-0.2, 0) is 13.8 Å². The molecule has 0 bridgehead atoms. The van der Waals surface area contributed by atoms with E-state index in [0.29, 0.717) is 4.57 Å². The minimum atomic E-state index is -4.79. The first-order chi connectivity index (χ1) is 10.1. The molecule has 0 saturated carbocycles. The minimum Gasteiger partial charge on any atom is -0.503 e. The maximum atomic E-state index is 11.7. The number of nitrogen functional groups attached to an aromatic ring is 1. The van der Waals surface area contributed by atoms with E-state index in [9.17, 15) is 24.7 Å². The first kappa shape index (κ1) is 16.8. The van der Waals surface area contributed by atoms with Crippen LogP contribution in [0.2, 0.25) is 0 Å². The molecule has 0 spiro atoms. The van der Waals surface area contributed by atoms with Crippen LogP contribution in [0.5, 0.6) is 5.75 Å². The molecule has 1 aromatic rings. The largest absolute Gasteiger partial charge is 0.503 e. The van der Waals surface area contributed by atoms with Crippen molar-refractivity contribution in [1.82, 2.24) is 9.55 Å². The van der Waals surface area contributed by atoms with Gasteiger partial charge in [-0.3, -0.25) is 9.09 Å². The zero-order valence-electron chi connectivity index (χ0n) is 10.9. The van der Waals surface area contributed by atoms with Crippen LogP contribution in [0.3, 0.4) is 0 Å². The van der Waals surface area contributed by atoms with Gasteiger partial charge >= 0.3 is 13.5 Å². The molecule has 7 N–H and O–H groups in total. The van der Waals surface area contributed by atoms with E-state index >= 15 is 0 Å². The van der Waals surface area contributed by atoms with Crippen molar-refractivity contribution in [3.63, 3.8) is 0 Å². The van der Waals surface area contributed by atoms with Gasteiger partial charge in [-0.15, -0.1) is 0 Å². The summed E-state index contributed by atoms with van der Waals surface area (Å²) in [5, 5.41) is 29.1. The highest BCUT2D eigenvalue weighted by Gasteiger charge is 2.45. The second-order valence-corrected chi connectivity index (χ2v) is 5.77. The van der Waals surface area contributed by atoms with Gasteiger partial charge in [-0.1, -0.05) is 0 Å². The van der Waals surface area contributed by atoms with Gasteiger partial charge in [-0.25, -0.2) is 9.36 Å². The van der Waals surface area contributed by atoms with E-state index in [-0.39, 0.29) is 0 Å². The van der Waals surface area contributed by atoms with E-state index in [1.807, 2.05) is 0 Å². The summed E-state index contributed by atoms with van der Waals surface area (Å²) in [4.78, 5) is 32.2. The van der Waals surface area contributed by atoms with Crippen molar-refractivity contribution < 1.29 is 38.9 Å². The Morgan fingerprint density at radius 1 is 1.41 bits per heavy atom. The molecule has 0 aliphatic carbocycles. The van der Waals surface area contributed by atoms with Crippen LogP contribution >= 0.6 is 7.82 Å². The number of ether oxygens (including phenoxy) is 1. The molecule has 1 aliphatic rings. The Bertz CT molecular complexity index is 658. The fraction of sp³-hybridized carbons (Fsp3) is 0.556. The SMILES string of the molecule is Nc1nc(=O)n([C@@H]2O[C@H](COP(=O)(O)O)C(O)C2O)cc1O. The summed E-state index contributed by atoms with van der Waals surface area (Å²) in [5.74, 6) is -0.963. The quantitative estimate of drug-likeness (QED) is 0.311. The number of aromatic nitrogens is 2. The summed E-state index contributed by atoms with van der Waals surface area (Å²) < 4.78 is 20.6. The second kappa shape index (κ2) is 5.93. The zero-order valence-corrected chi connectivity index (χ0v) is 11.8. The summed E-state index contributed by atoms with van der Waals surface area (Å²) in [6.07, 6.45) is -5.08. The summed E-state index contributed by atoms with van der Waals surface area (Å²) in [5.41, 5.74) is 4.28. The maximum Gasteiger partial charge on any atom is 0.469 e. The fourth-order valence-electron chi connectivity index (χ4n) is 1.92. The molecule has 2 heterocycles. The first-order valence-electron chi connectivity index (χ1n) is 5.89. The third-order valence-electron chi connectivity index (χ3n) is 2.98. The number of hydrogen-bond acceptors (Lipinski definition) is 9. The maximum absolute atomic E-state index is 11.7. The lowest BCUT2D eigenvalue weighted by Crippen LogP contribution is -2.36. The molecule has 1 aromatic heterocycles.